The number of thiophene rings is 1. The van der Waals surface area contributed by atoms with Crippen molar-refractivity contribution >= 4 is 17.3 Å². The number of carbonyl (C=O) groups is 1. The van der Waals surface area contributed by atoms with E-state index in [-0.39, 0.29) is 5.82 Å². The summed E-state index contributed by atoms with van der Waals surface area (Å²) in [5.41, 5.74) is 0.581. The molecule has 1 aromatic carbocycles. The lowest BCUT2D eigenvalue weighted by atomic mass is 10.2. The molecule has 20 heavy (non-hydrogen) atoms. The molecule has 0 radical (unpaired) electrons. The van der Waals surface area contributed by atoms with E-state index < -0.39 is 12.0 Å². The van der Waals surface area contributed by atoms with Crippen LogP contribution in [-0.2, 0) is 11.3 Å². The molecular formula is C15H16FNO2S. The van der Waals surface area contributed by atoms with Crippen LogP contribution in [0.1, 0.15) is 11.8 Å². The number of nitrogens with zero attached hydrogens (tertiary/aromatic N) is 1. The van der Waals surface area contributed by atoms with Crippen molar-refractivity contribution in [1.82, 2.24) is 4.90 Å². The summed E-state index contributed by atoms with van der Waals surface area (Å²) in [7, 11) is 1.77. The van der Waals surface area contributed by atoms with Crippen molar-refractivity contribution in [2.75, 3.05) is 7.05 Å². The average molecular weight is 293 g/mol. The predicted molar refractivity (Wildman–Crippen MR) is 78.3 cm³/mol. The molecule has 1 aromatic heterocycles. The van der Waals surface area contributed by atoms with E-state index >= 15 is 0 Å². The molecule has 1 atom stereocenters. The van der Waals surface area contributed by atoms with Crippen LogP contribution in [0.4, 0.5) is 4.39 Å². The molecule has 0 bridgehead atoms. The van der Waals surface area contributed by atoms with Gasteiger partial charge >= 0.3 is 5.97 Å². The molecule has 1 unspecified atom stereocenters. The Morgan fingerprint density at radius 2 is 2.05 bits per heavy atom. The first-order valence-corrected chi connectivity index (χ1v) is 7.07. The third-order valence-electron chi connectivity index (χ3n) is 3.22. The van der Waals surface area contributed by atoms with Crippen molar-refractivity contribution in [3.05, 3.63) is 47.1 Å². The van der Waals surface area contributed by atoms with Crippen LogP contribution < -0.4 is 0 Å². The Balaban J connectivity index is 2.14. The van der Waals surface area contributed by atoms with E-state index in [1.165, 1.54) is 17.4 Å². The van der Waals surface area contributed by atoms with E-state index in [0.29, 0.717) is 12.1 Å². The summed E-state index contributed by atoms with van der Waals surface area (Å²) in [6.45, 7) is 2.18. The zero-order chi connectivity index (χ0) is 14.7. The monoisotopic (exact) mass is 293 g/mol. The van der Waals surface area contributed by atoms with Gasteiger partial charge in [-0.15, -0.1) is 11.3 Å². The Morgan fingerprint density at radius 3 is 2.70 bits per heavy atom. The fourth-order valence-electron chi connectivity index (χ4n) is 1.84. The van der Waals surface area contributed by atoms with Crippen LogP contribution in [0.15, 0.2) is 36.4 Å². The van der Waals surface area contributed by atoms with Crippen LogP contribution in [-0.4, -0.2) is 29.1 Å². The second-order valence-electron chi connectivity index (χ2n) is 4.68. The molecule has 1 N–H and O–H groups in total. The summed E-state index contributed by atoms with van der Waals surface area (Å²) in [5, 5.41) is 8.96. The summed E-state index contributed by atoms with van der Waals surface area (Å²) < 4.78 is 13.7. The fraction of sp³-hybridized carbons (Fsp3) is 0.267. The predicted octanol–water partition coefficient (Wildman–Crippen LogP) is 3.46. The third kappa shape index (κ3) is 3.23. The summed E-state index contributed by atoms with van der Waals surface area (Å²) in [5.74, 6) is -1.09. The van der Waals surface area contributed by atoms with Crippen LogP contribution in [0.3, 0.4) is 0 Å². The Bertz CT molecular complexity index is 611. The molecule has 0 aliphatic heterocycles. The van der Waals surface area contributed by atoms with Gasteiger partial charge in [-0.2, -0.15) is 0 Å². The van der Waals surface area contributed by atoms with Crippen LogP contribution >= 0.6 is 11.3 Å². The van der Waals surface area contributed by atoms with Crippen molar-refractivity contribution in [3.8, 4) is 10.4 Å². The van der Waals surface area contributed by atoms with Crippen LogP contribution in [0.2, 0.25) is 0 Å². The van der Waals surface area contributed by atoms with Crippen LogP contribution in [0.5, 0.6) is 0 Å². The molecule has 2 aromatic rings. The lowest BCUT2D eigenvalue weighted by molar-refractivity contribution is -0.142. The Kier molecular flexibility index (Phi) is 4.52. The second-order valence-corrected chi connectivity index (χ2v) is 5.84. The summed E-state index contributed by atoms with van der Waals surface area (Å²) in [6, 6.07) is 9.89. The molecule has 2 rings (SSSR count). The molecule has 0 aliphatic carbocycles. The maximum absolute atomic E-state index is 13.7. The number of likely N-dealkylation sites (N-methyl/N-ethyl adjacent to an activating group) is 1. The quantitative estimate of drug-likeness (QED) is 0.918. The first-order chi connectivity index (χ1) is 9.49. The minimum absolute atomic E-state index is 0.242. The van der Waals surface area contributed by atoms with Gasteiger partial charge in [0.25, 0.3) is 0 Å². The number of rotatable bonds is 5. The molecule has 1 heterocycles. The second kappa shape index (κ2) is 6.15. The molecule has 0 spiro atoms. The zero-order valence-electron chi connectivity index (χ0n) is 11.3. The highest BCUT2D eigenvalue weighted by Gasteiger charge is 2.17. The normalized spacial score (nSPS) is 12.6. The Hall–Kier alpha value is -1.72. The van der Waals surface area contributed by atoms with Crippen LogP contribution in [0, 0.1) is 5.82 Å². The van der Waals surface area contributed by atoms with Gasteiger partial charge in [0, 0.05) is 21.9 Å². The van der Waals surface area contributed by atoms with Gasteiger partial charge in [0.05, 0.1) is 0 Å². The number of carboxylic acid groups (broad SMARTS) is 1. The summed E-state index contributed by atoms with van der Waals surface area (Å²) in [6.07, 6.45) is 0. The zero-order valence-corrected chi connectivity index (χ0v) is 12.2. The minimum Gasteiger partial charge on any atom is -0.480 e. The van der Waals surface area contributed by atoms with Gasteiger partial charge in [-0.3, -0.25) is 9.69 Å². The summed E-state index contributed by atoms with van der Waals surface area (Å²) >= 11 is 1.48. The first-order valence-electron chi connectivity index (χ1n) is 6.25. The molecule has 5 heteroatoms. The van der Waals surface area contributed by atoms with E-state index in [1.807, 2.05) is 12.1 Å². The highest BCUT2D eigenvalue weighted by atomic mass is 32.1. The van der Waals surface area contributed by atoms with Crippen LogP contribution in [0.25, 0.3) is 10.4 Å². The molecule has 0 aliphatic rings. The molecule has 3 nitrogen and oxygen atoms in total. The van der Waals surface area contributed by atoms with E-state index in [4.69, 9.17) is 5.11 Å². The maximum atomic E-state index is 13.7. The van der Waals surface area contributed by atoms with E-state index in [0.717, 1.165) is 9.75 Å². The molecule has 0 saturated carbocycles. The summed E-state index contributed by atoms with van der Waals surface area (Å²) in [4.78, 5) is 14.5. The first kappa shape index (κ1) is 14.7. The highest BCUT2D eigenvalue weighted by molar-refractivity contribution is 7.15. The van der Waals surface area contributed by atoms with Gasteiger partial charge < -0.3 is 5.11 Å². The van der Waals surface area contributed by atoms with Gasteiger partial charge in [-0.1, -0.05) is 18.2 Å². The van der Waals surface area contributed by atoms with Gasteiger partial charge in [0.2, 0.25) is 0 Å². The number of halogens is 1. The van der Waals surface area contributed by atoms with Gasteiger partial charge in [0.15, 0.2) is 0 Å². The van der Waals surface area contributed by atoms with Crippen molar-refractivity contribution < 1.29 is 14.3 Å². The highest BCUT2D eigenvalue weighted by Crippen LogP contribution is 2.30. The third-order valence-corrected chi connectivity index (χ3v) is 4.33. The number of hydrogen-bond acceptors (Lipinski definition) is 3. The topological polar surface area (TPSA) is 40.5 Å². The molecular weight excluding hydrogens is 277 g/mol. The number of hydrogen-bond donors (Lipinski definition) is 1. The van der Waals surface area contributed by atoms with Crippen molar-refractivity contribution in [3.63, 3.8) is 0 Å². The number of aliphatic carboxylic acids is 1. The number of carboxylic acids is 1. The largest absolute Gasteiger partial charge is 0.480 e. The number of benzene rings is 1. The van der Waals surface area contributed by atoms with E-state index in [9.17, 15) is 9.18 Å². The molecule has 0 amide bonds. The lowest BCUT2D eigenvalue weighted by Gasteiger charge is -2.19. The molecule has 0 fully saturated rings. The molecule has 106 valence electrons. The molecule has 0 saturated heterocycles. The van der Waals surface area contributed by atoms with Gasteiger partial charge in [0.1, 0.15) is 11.9 Å². The maximum Gasteiger partial charge on any atom is 0.320 e. The lowest BCUT2D eigenvalue weighted by Crippen LogP contribution is -2.34. The van der Waals surface area contributed by atoms with Gasteiger partial charge in [-0.25, -0.2) is 4.39 Å². The van der Waals surface area contributed by atoms with E-state index in [1.54, 1.807) is 37.1 Å². The standard InChI is InChI=1S/C15H16FNO2S/c1-10(15(18)19)17(2)9-11-7-8-14(20-11)12-5-3-4-6-13(12)16/h3-8,10H,9H2,1-2H3,(H,18,19). The smallest absolute Gasteiger partial charge is 0.320 e. The van der Waals surface area contributed by atoms with E-state index in [2.05, 4.69) is 0 Å². The SMILES string of the molecule is CC(C(=O)O)N(C)Cc1ccc(-c2ccccc2F)s1. The average Bonchev–Trinajstić information content (AvgIpc) is 2.86. The van der Waals surface area contributed by atoms with Gasteiger partial charge in [-0.05, 0) is 32.2 Å². The van der Waals surface area contributed by atoms with Crippen molar-refractivity contribution in [2.45, 2.75) is 19.5 Å². The Labute approximate surface area is 121 Å². The Morgan fingerprint density at radius 1 is 1.35 bits per heavy atom. The fourth-order valence-corrected chi connectivity index (χ4v) is 2.94. The minimum atomic E-state index is -0.849. The van der Waals surface area contributed by atoms with Crippen molar-refractivity contribution in [1.29, 1.82) is 0 Å². The van der Waals surface area contributed by atoms with Crippen molar-refractivity contribution in [2.24, 2.45) is 0 Å².